The molecule has 0 saturated carbocycles. The maximum Gasteiger partial charge on any atom is 0.215 e. The van der Waals surface area contributed by atoms with Gasteiger partial charge in [-0.1, -0.05) is 0 Å². The smallest absolute Gasteiger partial charge is 0.215 e. The number of benzene rings is 2. The van der Waals surface area contributed by atoms with Gasteiger partial charge in [-0.3, -0.25) is 9.79 Å². The summed E-state index contributed by atoms with van der Waals surface area (Å²) in [6, 6.07) is 10.0. The number of rotatable bonds is 2. The minimum Gasteiger partial charge on any atom is -0.508 e. The predicted molar refractivity (Wildman–Crippen MR) is 99.4 cm³/mol. The lowest BCUT2D eigenvalue weighted by Crippen LogP contribution is -2.21. The topological polar surface area (TPSA) is 101 Å². The van der Waals surface area contributed by atoms with Crippen LogP contribution in [0.4, 0.5) is 0 Å². The van der Waals surface area contributed by atoms with Crippen molar-refractivity contribution in [1.29, 1.82) is 0 Å². The molecule has 6 nitrogen and oxygen atoms in total. The summed E-state index contributed by atoms with van der Waals surface area (Å²) in [5.74, 6) is 0.110. The molecule has 0 atom stereocenters. The van der Waals surface area contributed by atoms with Crippen LogP contribution in [-0.2, 0) is 6.42 Å². The van der Waals surface area contributed by atoms with Crippen LogP contribution in [0.5, 0.6) is 11.5 Å². The van der Waals surface area contributed by atoms with Gasteiger partial charge in [-0.25, -0.2) is 0 Å². The van der Waals surface area contributed by atoms with E-state index in [2.05, 4.69) is 15.0 Å². The Labute approximate surface area is 147 Å². The molecular weight excluding hydrogens is 330 g/mol. The van der Waals surface area contributed by atoms with Crippen molar-refractivity contribution in [3.05, 3.63) is 59.4 Å². The Bertz CT molecular complexity index is 1230. The lowest BCUT2D eigenvalue weighted by molar-refractivity contribution is 0.106. The van der Waals surface area contributed by atoms with Gasteiger partial charge in [0.1, 0.15) is 17.2 Å². The Morgan fingerprint density at radius 3 is 2.54 bits per heavy atom. The van der Waals surface area contributed by atoms with Crippen LogP contribution in [0.1, 0.15) is 21.6 Å². The molecule has 2 aromatic heterocycles. The highest BCUT2D eigenvalue weighted by Gasteiger charge is 2.27. The highest BCUT2D eigenvalue weighted by molar-refractivity contribution is 6.53. The van der Waals surface area contributed by atoms with E-state index in [9.17, 15) is 15.0 Å². The van der Waals surface area contributed by atoms with Crippen LogP contribution in [0.25, 0.3) is 21.8 Å². The summed E-state index contributed by atoms with van der Waals surface area (Å²) in [4.78, 5) is 24.0. The number of aromatic amines is 2. The molecule has 0 spiro atoms. The zero-order valence-electron chi connectivity index (χ0n) is 13.7. The van der Waals surface area contributed by atoms with E-state index >= 15 is 0 Å². The van der Waals surface area contributed by atoms with Crippen molar-refractivity contribution in [2.75, 3.05) is 6.54 Å². The maximum absolute atomic E-state index is 13.2. The van der Waals surface area contributed by atoms with Crippen LogP contribution in [0.2, 0.25) is 0 Å². The number of H-pyrrole nitrogens is 2. The van der Waals surface area contributed by atoms with Gasteiger partial charge < -0.3 is 20.2 Å². The number of hydrogen-bond acceptors (Lipinski definition) is 4. The van der Waals surface area contributed by atoms with Gasteiger partial charge in [-0.2, -0.15) is 0 Å². The number of aromatic nitrogens is 2. The zero-order valence-corrected chi connectivity index (χ0v) is 13.7. The van der Waals surface area contributed by atoms with E-state index in [0.29, 0.717) is 35.3 Å². The number of phenols is 2. The van der Waals surface area contributed by atoms with Gasteiger partial charge in [0, 0.05) is 40.1 Å². The molecule has 2 aromatic carbocycles. The van der Waals surface area contributed by atoms with Gasteiger partial charge in [0.05, 0.1) is 5.69 Å². The molecule has 1 aliphatic heterocycles. The second kappa shape index (κ2) is 5.23. The highest BCUT2D eigenvalue weighted by atomic mass is 16.3. The van der Waals surface area contributed by atoms with Gasteiger partial charge >= 0.3 is 0 Å². The molecule has 0 unspecified atom stereocenters. The summed E-state index contributed by atoms with van der Waals surface area (Å²) < 4.78 is 0. The number of Topliss-reactive ketones (excluding diaryl/α,β-unsaturated/α-hetero) is 1. The van der Waals surface area contributed by atoms with Crippen LogP contribution in [0.3, 0.4) is 0 Å². The molecule has 0 saturated heterocycles. The summed E-state index contributed by atoms with van der Waals surface area (Å²) in [7, 11) is 0. The van der Waals surface area contributed by atoms with E-state index < -0.39 is 0 Å². The average molecular weight is 345 g/mol. The molecule has 0 aliphatic carbocycles. The maximum atomic E-state index is 13.2. The van der Waals surface area contributed by atoms with Crippen LogP contribution in [-0.4, -0.2) is 38.2 Å². The summed E-state index contributed by atoms with van der Waals surface area (Å²) in [5.41, 5.74) is 4.21. The Kier molecular flexibility index (Phi) is 2.97. The fraction of sp³-hybridized carbons (Fsp3) is 0.100. The third kappa shape index (κ3) is 2.05. The molecule has 128 valence electrons. The van der Waals surface area contributed by atoms with Crippen molar-refractivity contribution in [2.45, 2.75) is 6.42 Å². The highest BCUT2D eigenvalue weighted by Crippen LogP contribution is 2.31. The predicted octanol–water partition coefficient (Wildman–Crippen LogP) is 3.29. The number of nitrogens with zero attached hydrogens (tertiary/aromatic N) is 1. The lowest BCUT2D eigenvalue weighted by Gasteiger charge is -2.12. The first-order valence-corrected chi connectivity index (χ1v) is 8.35. The van der Waals surface area contributed by atoms with E-state index in [0.717, 1.165) is 22.0 Å². The molecule has 26 heavy (non-hydrogen) atoms. The normalized spacial score (nSPS) is 13.8. The van der Waals surface area contributed by atoms with Gasteiger partial charge in [-0.05, 0) is 48.4 Å². The van der Waals surface area contributed by atoms with Crippen LogP contribution in [0.15, 0.2) is 47.6 Å². The number of fused-ring (bicyclic) bond motifs is 4. The zero-order chi connectivity index (χ0) is 17.8. The van der Waals surface area contributed by atoms with Gasteiger partial charge in [-0.15, -0.1) is 0 Å². The molecule has 5 rings (SSSR count). The van der Waals surface area contributed by atoms with Crippen molar-refractivity contribution in [3.63, 3.8) is 0 Å². The number of ketones is 1. The number of aliphatic imine (C=N–C) groups is 1. The number of nitrogens with one attached hydrogen (secondary N) is 2. The van der Waals surface area contributed by atoms with Crippen LogP contribution >= 0.6 is 0 Å². The second-order valence-electron chi connectivity index (χ2n) is 6.45. The Hall–Kier alpha value is -3.54. The summed E-state index contributed by atoms with van der Waals surface area (Å²) in [6.45, 7) is 0.518. The third-order valence-electron chi connectivity index (χ3n) is 4.88. The Balaban J connectivity index is 1.67. The quantitative estimate of drug-likeness (QED) is 0.419. The standard InChI is InChI=1S/C20H15N3O3/c24-10-1-3-16-14(8-10)15(9-22-16)20(26)19-18-12(5-6-21-19)13-7-11(25)2-4-17(13)23-18/h1-4,7-9,22-25H,5-6H2. The van der Waals surface area contributed by atoms with Crippen molar-refractivity contribution in [2.24, 2.45) is 4.99 Å². The minimum atomic E-state index is -0.196. The first-order valence-electron chi connectivity index (χ1n) is 8.35. The molecule has 3 heterocycles. The third-order valence-corrected chi connectivity index (χ3v) is 4.88. The molecule has 0 amide bonds. The monoisotopic (exact) mass is 345 g/mol. The summed E-state index contributed by atoms with van der Waals surface area (Å²) >= 11 is 0. The van der Waals surface area contributed by atoms with Crippen molar-refractivity contribution in [3.8, 4) is 11.5 Å². The average Bonchev–Trinajstić information content (AvgIpc) is 3.21. The van der Waals surface area contributed by atoms with Crippen LogP contribution < -0.4 is 0 Å². The van der Waals surface area contributed by atoms with Crippen molar-refractivity contribution >= 4 is 33.3 Å². The number of hydrogen-bond donors (Lipinski definition) is 4. The van der Waals surface area contributed by atoms with Gasteiger partial charge in [0.2, 0.25) is 5.78 Å². The van der Waals surface area contributed by atoms with Crippen LogP contribution in [0, 0.1) is 0 Å². The molecular formula is C20H15N3O3. The largest absolute Gasteiger partial charge is 0.508 e. The van der Waals surface area contributed by atoms with E-state index in [1.165, 1.54) is 0 Å². The van der Waals surface area contributed by atoms with E-state index in [1.807, 2.05) is 0 Å². The fourth-order valence-corrected chi connectivity index (χ4v) is 3.67. The molecule has 4 aromatic rings. The molecule has 1 aliphatic rings. The fourth-order valence-electron chi connectivity index (χ4n) is 3.67. The van der Waals surface area contributed by atoms with Crippen molar-refractivity contribution in [1.82, 2.24) is 9.97 Å². The first-order chi connectivity index (χ1) is 12.6. The van der Waals surface area contributed by atoms with E-state index in [1.54, 1.807) is 42.6 Å². The molecule has 0 radical (unpaired) electrons. The number of carbonyl (C=O) groups is 1. The lowest BCUT2D eigenvalue weighted by atomic mass is 9.97. The number of phenolic OH excluding ortho intramolecular Hbond substituents is 2. The second-order valence-corrected chi connectivity index (χ2v) is 6.45. The molecule has 4 N–H and O–H groups in total. The molecule has 0 bridgehead atoms. The molecule has 6 heteroatoms. The van der Waals surface area contributed by atoms with E-state index in [4.69, 9.17) is 0 Å². The SMILES string of the molecule is O=C(C1=NCCc2c1[nH]c1ccc(O)cc21)c1c[nH]c2ccc(O)cc12. The minimum absolute atomic E-state index is 0.110. The Morgan fingerprint density at radius 2 is 1.73 bits per heavy atom. The van der Waals surface area contributed by atoms with Gasteiger partial charge in [0.15, 0.2) is 0 Å². The summed E-state index contributed by atoms with van der Waals surface area (Å²) in [6.07, 6.45) is 2.36. The number of aromatic hydroxyl groups is 2. The first kappa shape index (κ1) is 14.8. The number of carbonyl (C=O) groups excluding carboxylic acids is 1. The Morgan fingerprint density at radius 1 is 1.00 bits per heavy atom. The van der Waals surface area contributed by atoms with Gasteiger partial charge in [0.25, 0.3) is 0 Å². The van der Waals surface area contributed by atoms with Crippen molar-refractivity contribution < 1.29 is 15.0 Å². The van der Waals surface area contributed by atoms with E-state index in [-0.39, 0.29) is 17.3 Å². The summed E-state index contributed by atoms with van der Waals surface area (Å²) in [5, 5.41) is 21.1. The molecule has 0 fully saturated rings.